The largest absolute Gasteiger partial charge is 0.352 e. The Morgan fingerprint density at radius 1 is 1.18 bits per heavy atom. The van der Waals surface area contributed by atoms with Crippen LogP contribution in [0.15, 0.2) is 29.3 Å². The summed E-state index contributed by atoms with van der Waals surface area (Å²) in [5, 5.41) is 9.11. The molecule has 1 aromatic rings. The van der Waals surface area contributed by atoms with E-state index in [9.17, 15) is 4.79 Å². The van der Waals surface area contributed by atoms with E-state index in [1.54, 1.807) is 7.05 Å². The summed E-state index contributed by atoms with van der Waals surface area (Å²) in [5.74, 6) is 0.559. The number of amides is 1. The van der Waals surface area contributed by atoms with Gasteiger partial charge < -0.3 is 16.0 Å². The van der Waals surface area contributed by atoms with E-state index in [1.807, 2.05) is 32.9 Å². The topological polar surface area (TPSA) is 65.5 Å². The third-order valence-corrected chi connectivity index (χ3v) is 2.86. The molecule has 1 aromatic carbocycles. The summed E-state index contributed by atoms with van der Waals surface area (Å²) >= 11 is 0. The molecule has 0 aliphatic heterocycles. The highest BCUT2D eigenvalue weighted by molar-refractivity contribution is 14.0. The van der Waals surface area contributed by atoms with Crippen molar-refractivity contribution < 1.29 is 4.79 Å². The van der Waals surface area contributed by atoms with Crippen LogP contribution < -0.4 is 16.0 Å². The van der Waals surface area contributed by atoms with E-state index in [0.29, 0.717) is 12.5 Å². The number of carbonyl (C=O) groups is 1. The monoisotopic (exact) mass is 418 g/mol. The minimum absolute atomic E-state index is 0. The number of halogens is 1. The van der Waals surface area contributed by atoms with Gasteiger partial charge in [-0.3, -0.25) is 9.79 Å². The van der Waals surface area contributed by atoms with Gasteiger partial charge in [0.25, 0.3) is 0 Å². The molecule has 1 rings (SSSR count). The molecule has 0 radical (unpaired) electrons. The van der Waals surface area contributed by atoms with Crippen LogP contribution >= 0.6 is 24.0 Å². The van der Waals surface area contributed by atoms with Gasteiger partial charge >= 0.3 is 0 Å². The number of hydrogen-bond acceptors (Lipinski definition) is 2. The zero-order chi connectivity index (χ0) is 15.9. The Hall–Kier alpha value is -1.31. The maximum absolute atomic E-state index is 11.8. The second-order valence-electron chi connectivity index (χ2n) is 6.00. The first kappa shape index (κ1) is 20.7. The van der Waals surface area contributed by atoms with E-state index in [2.05, 4.69) is 40.0 Å². The Balaban J connectivity index is 0.00000441. The fraction of sp³-hybridized carbons (Fsp3) is 0.500. The van der Waals surface area contributed by atoms with Gasteiger partial charge in [0.2, 0.25) is 5.91 Å². The van der Waals surface area contributed by atoms with Gasteiger partial charge in [-0.2, -0.15) is 0 Å². The molecule has 0 saturated carbocycles. The Bertz CT molecular complexity index is 509. The zero-order valence-electron chi connectivity index (χ0n) is 14.0. The van der Waals surface area contributed by atoms with Gasteiger partial charge in [-0.05, 0) is 38.8 Å². The second-order valence-corrected chi connectivity index (χ2v) is 6.00. The van der Waals surface area contributed by atoms with Crippen molar-refractivity contribution in [3.63, 3.8) is 0 Å². The number of nitrogens with one attached hydrogen (secondary N) is 3. The van der Waals surface area contributed by atoms with Gasteiger partial charge in [0.15, 0.2) is 5.96 Å². The van der Waals surface area contributed by atoms with Crippen LogP contribution in [0.4, 0.5) is 0 Å². The van der Waals surface area contributed by atoms with E-state index in [4.69, 9.17) is 0 Å². The summed E-state index contributed by atoms with van der Waals surface area (Å²) in [6, 6.07) is 8.17. The molecule has 124 valence electrons. The minimum Gasteiger partial charge on any atom is -0.352 e. The van der Waals surface area contributed by atoms with Crippen LogP contribution in [0.1, 0.15) is 31.9 Å². The van der Waals surface area contributed by atoms with Crippen molar-refractivity contribution in [1.82, 2.24) is 16.0 Å². The summed E-state index contributed by atoms with van der Waals surface area (Å²) in [6.45, 7) is 8.81. The summed E-state index contributed by atoms with van der Waals surface area (Å²) in [5.41, 5.74) is 2.21. The highest BCUT2D eigenvalue weighted by Gasteiger charge is 2.13. The number of carbonyl (C=O) groups excluding carboxylic acids is 1. The van der Waals surface area contributed by atoms with Crippen LogP contribution in [0.2, 0.25) is 0 Å². The number of aryl methyl sites for hydroxylation is 1. The molecule has 0 fully saturated rings. The fourth-order valence-corrected chi connectivity index (χ4v) is 1.83. The lowest BCUT2D eigenvalue weighted by Gasteiger charge is -2.21. The number of guanidine groups is 1. The highest BCUT2D eigenvalue weighted by atomic mass is 127. The van der Waals surface area contributed by atoms with Gasteiger partial charge in [-0.1, -0.05) is 24.3 Å². The van der Waals surface area contributed by atoms with Gasteiger partial charge in [0.05, 0.1) is 6.54 Å². The van der Waals surface area contributed by atoms with Crippen molar-refractivity contribution in [1.29, 1.82) is 0 Å². The van der Waals surface area contributed by atoms with Crippen molar-refractivity contribution in [2.45, 2.75) is 39.8 Å². The molecule has 5 nitrogen and oxygen atoms in total. The van der Waals surface area contributed by atoms with Gasteiger partial charge in [-0.15, -0.1) is 24.0 Å². The molecule has 3 N–H and O–H groups in total. The fourth-order valence-electron chi connectivity index (χ4n) is 1.83. The number of hydrogen-bond donors (Lipinski definition) is 3. The third kappa shape index (κ3) is 8.21. The van der Waals surface area contributed by atoms with Gasteiger partial charge in [0, 0.05) is 19.1 Å². The van der Waals surface area contributed by atoms with Crippen LogP contribution in [-0.2, 0) is 11.3 Å². The van der Waals surface area contributed by atoms with Crippen molar-refractivity contribution in [2.75, 3.05) is 13.6 Å². The number of aliphatic imine (C=N–C) groups is 1. The molecule has 0 atom stereocenters. The maximum atomic E-state index is 11.8. The first-order chi connectivity index (χ1) is 9.81. The average Bonchev–Trinajstić information content (AvgIpc) is 2.38. The van der Waals surface area contributed by atoms with Crippen LogP contribution in [0, 0.1) is 6.92 Å². The first-order valence-corrected chi connectivity index (χ1v) is 7.12. The summed E-state index contributed by atoms with van der Waals surface area (Å²) in [4.78, 5) is 15.9. The van der Waals surface area contributed by atoms with E-state index in [0.717, 1.165) is 0 Å². The molecule has 0 bridgehead atoms. The molecule has 0 unspecified atom stereocenters. The first-order valence-electron chi connectivity index (χ1n) is 7.12. The van der Waals surface area contributed by atoms with Crippen LogP contribution in [0.5, 0.6) is 0 Å². The lowest BCUT2D eigenvalue weighted by Crippen LogP contribution is -2.48. The SMILES string of the molecule is CN=C(NCC(=O)NC(C)(C)C)NCc1ccccc1C.I. The molecular weight excluding hydrogens is 391 g/mol. The van der Waals surface area contributed by atoms with Crippen LogP contribution in [0.25, 0.3) is 0 Å². The Labute approximate surface area is 150 Å². The molecule has 0 aliphatic rings. The molecular formula is C16H27IN4O. The summed E-state index contributed by atoms with van der Waals surface area (Å²) in [6.07, 6.45) is 0. The van der Waals surface area contributed by atoms with Crippen molar-refractivity contribution in [2.24, 2.45) is 4.99 Å². The van der Waals surface area contributed by atoms with Crippen molar-refractivity contribution >= 4 is 35.8 Å². The zero-order valence-corrected chi connectivity index (χ0v) is 16.3. The van der Waals surface area contributed by atoms with E-state index >= 15 is 0 Å². The molecule has 1 amide bonds. The predicted molar refractivity (Wildman–Crippen MR) is 103 cm³/mol. The van der Waals surface area contributed by atoms with Crippen LogP contribution in [0.3, 0.4) is 0 Å². The third-order valence-electron chi connectivity index (χ3n) is 2.86. The molecule has 0 aromatic heterocycles. The lowest BCUT2D eigenvalue weighted by atomic mass is 10.1. The normalized spacial score (nSPS) is 11.4. The molecule has 0 spiro atoms. The van der Waals surface area contributed by atoms with Crippen molar-refractivity contribution in [3.05, 3.63) is 35.4 Å². The quantitative estimate of drug-likeness (QED) is 0.399. The lowest BCUT2D eigenvalue weighted by molar-refractivity contribution is -0.121. The smallest absolute Gasteiger partial charge is 0.239 e. The Morgan fingerprint density at radius 3 is 2.36 bits per heavy atom. The predicted octanol–water partition coefficient (Wildman–Crippen LogP) is 2.19. The van der Waals surface area contributed by atoms with E-state index < -0.39 is 0 Å². The maximum Gasteiger partial charge on any atom is 0.239 e. The van der Waals surface area contributed by atoms with Gasteiger partial charge in [-0.25, -0.2) is 0 Å². The number of benzene rings is 1. The van der Waals surface area contributed by atoms with Crippen LogP contribution in [-0.4, -0.2) is 31.0 Å². The van der Waals surface area contributed by atoms with E-state index in [1.165, 1.54) is 11.1 Å². The second kappa shape index (κ2) is 9.66. The van der Waals surface area contributed by atoms with Crippen molar-refractivity contribution in [3.8, 4) is 0 Å². The standard InChI is InChI=1S/C16H26N4O.HI/c1-12-8-6-7-9-13(12)10-18-15(17-5)19-11-14(21)20-16(2,3)4;/h6-9H,10-11H2,1-5H3,(H,20,21)(H2,17,18,19);1H. The van der Waals surface area contributed by atoms with Gasteiger partial charge in [0.1, 0.15) is 0 Å². The molecule has 6 heteroatoms. The number of rotatable bonds is 4. The summed E-state index contributed by atoms with van der Waals surface area (Å²) < 4.78 is 0. The molecule has 0 saturated heterocycles. The van der Waals surface area contributed by atoms with E-state index in [-0.39, 0.29) is 42.0 Å². The molecule has 0 aliphatic carbocycles. The molecule has 22 heavy (non-hydrogen) atoms. The Morgan fingerprint density at radius 2 is 1.82 bits per heavy atom. The highest BCUT2D eigenvalue weighted by Crippen LogP contribution is 2.05. The minimum atomic E-state index is -0.225. The number of nitrogens with zero attached hydrogens (tertiary/aromatic N) is 1. The average molecular weight is 418 g/mol. The molecule has 0 heterocycles. The summed E-state index contributed by atoms with van der Waals surface area (Å²) in [7, 11) is 1.69. The Kier molecular flexibility index (Phi) is 9.08.